The Balaban J connectivity index is 2.25. The molecule has 1 aliphatic rings. The molecule has 10 heavy (non-hydrogen) atoms. The van der Waals surface area contributed by atoms with Gasteiger partial charge in [-0.2, -0.15) is 5.12 Å². The third-order valence-corrected chi connectivity index (χ3v) is 1.75. The second-order valence-electron chi connectivity index (χ2n) is 2.78. The van der Waals surface area contributed by atoms with Crippen molar-refractivity contribution in [2.24, 2.45) is 11.6 Å². The van der Waals surface area contributed by atoms with Crippen molar-refractivity contribution in [2.75, 3.05) is 6.54 Å². The van der Waals surface area contributed by atoms with E-state index in [9.17, 15) is 0 Å². The molecule has 5 N–H and O–H groups in total. The van der Waals surface area contributed by atoms with Crippen molar-refractivity contribution in [1.29, 1.82) is 0 Å². The summed E-state index contributed by atoms with van der Waals surface area (Å²) in [4.78, 5) is 0. The molecule has 0 aromatic rings. The molecule has 0 saturated carbocycles. The van der Waals surface area contributed by atoms with Crippen LogP contribution in [0.4, 0.5) is 0 Å². The molecule has 1 saturated heterocycles. The Morgan fingerprint density at radius 3 is 2.90 bits per heavy atom. The van der Waals surface area contributed by atoms with Gasteiger partial charge in [0.2, 0.25) is 0 Å². The Morgan fingerprint density at radius 2 is 2.10 bits per heavy atom. The fraction of sp³-hybridized carbons (Fsp3) is 1.00. The van der Waals surface area contributed by atoms with Gasteiger partial charge in [0.25, 0.3) is 0 Å². The van der Waals surface area contributed by atoms with E-state index in [0.29, 0.717) is 0 Å². The van der Waals surface area contributed by atoms with Gasteiger partial charge in [0.05, 0.1) is 6.17 Å². The zero-order valence-corrected chi connectivity index (χ0v) is 6.21. The first-order valence-corrected chi connectivity index (χ1v) is 3.83. The summed E-state index contributed by atoms with van der Waals surface area (Å²) in [5.74, 6) is 5.54. The number of rotatable bonds is 0. The van der Waals surface area contributed by atoms with Crippen LogP contribution in [0.1, 0.15) is 25.7 Å². The van der Waals surface area contributed by atoms with E-state index >= 15 is 0 Å². The van der Waals surface area contributed by atoms with Crippen molar-refractivity contribution in [2.45, 2.75) is 31.8 Å². The molecule has 1 heterocycles. The molecular formula is C6H16N4. The summed E-state index contributed by atoms with van der Waals surface area (Å²) in [6, 6.07) is 0. The Morgan fingerprint density at radius 1 is 1.30 bits per heavy atom. The monoisotopic (exact) mass is 144 g/mol. The summed E-state index contributed by atoms with van der Waals surface area (Å²) < 4.78 is 0. The van der Waals surface area contributed by atoms with Crippen LogP contribution < -0.4 is 17.0 Å². The van der Waals surface area contributed by atoms with E-state index in [1.807, 2.05) is 0 Å². The van der Waals surface area contributed by atoms with Crippen molar-refractivity contribution in [1.82, 2.24) is 10.5 Å². The lowest BCUT2D eigenvalue weighted by atomic mass is 10.1. The first-order valence-electron chi connectivity index (χ1n) is 3.83. The molecule has 0 amide bonds. The number of nitrogens with zero attached hydrogens (tertiary/aromatic N) is 1. The number of hydrogen-bond donors (Lipinski definition) is 3. The predicted molar refractivity (Wildman–Crippen MR) is 40.5 cm³/mol. The molecule has 1 aliphatic heterocycles. The minimum Gasteiger partial charge on any atom is -0.315 e. The summed E-state index contributed by atoms with van der Waals surface area (Å²) in [5, 5.41) is 1.59. The summed E-state index contributed by atoms with van der Waals surface area (Å²) in [7, 11) is 0. The number of hydrazine groups is 2. The molecule has 0 aromatic carbocycles. The minimum atomic E-state index is 0.0466. The SMILES string of the molecule is NC1CCCCCN(N)N1. The summed E-state index contributed by atoms with van der Waals surface area (Å²) in [5.41, 5.74) is 8.63. The second-order valence-corrected chi connectivity index (χ2v) is 2.78. The van der Waals surface area contributed by atoms with E-state index in [0.717, 1.165) is 19.4 Å². The lowest BCUT2D eigenvalue weighted by Crippen LogP contribution is -2.53. The summed E-state index contributed by atoms with van der Waals surface area (Å²) in [6.45, 7) is 0.897. The van der Waals surface area contributed by atoms with Gasteiger partial charge < -0.3 is 5.73 Å². The first-order chi connectivity index (χ1) is 4.79. The largest absolute Gasteiger partial charge is 0.315 e. The van der Waals surface area contributed by atoms with E-state index in [1.165, 1.54) is 12.8 Å². The zero-order valence-electron chi connectivity index (χ0n) is 6.21. The van der Waals surface area contributed by atoms with E-state index in [1.54, 1.807) is 5.12 Å². The second kappa shape index (κ2) is 3.88. The standard InChI is InChI=1S/C6H16N4/c7-6-4-2-1-3-5-10(8)9-6/h6,9H,1-5,7-8H2. The molecule has 1 unspecified atom stereocenters. The minimum absolute atomic E-state index is 0.0466. The molecule has 1 fully saturated rings. The van der Waals surface area contributed by atoms with Crippen LogP contribution in [-0.4, -0.2) is 17.8 Å². The maximum absolute atomic E-state index is 5.66. The zero-order chi connectivity index (χ0) is 7.40. The smallest absolute Gasteiger partial charge is 0.0694 e. The van der Waals surface area contributed by atoms with Crippen molar-refractivity contribution in [3.63, 3.8) is 0 Å². The molecule has 4 heteroatoms. The van der Waals surface area contributed by atoms with Crippen molar-refractivity contribution in [3.8, 4) is 0 Å². The van der Waals surface area contributed by atoms with Gasteiger partial charge in [-0.1, -0.05) is 12.8 Å². The van der Waals surface area contributed by atoms with Crippen molar-refractivity contribution >= 4 is 0 Å². The van der Waals surface area contributed by atoms with Crippen molar-refractivity contribution < 1.29 is 0 Å². The van der Waals surface area contributed by atoms with E-state index < -0.39 is 0 Å². The normalized spacial score (nSPS) is 31.2. The average Bonchev–Trinajstić information content (AvgIpc) is 1.83. The van der Waals surface area contributed by atoms with Gasteiger partial charge in [0.1, 0.15) is 0 Å². The van der Waals surface area contributed by atoms with Crippen molar-refractivity contribution in [3.05, 3.63) is 0 Å². The third-order valence-electron chi connectivity index (χ3n) is 1.75. The third kappa shape index (κ3) is 2.62. The number of nitrogens with one attached hydrogen (secondary N) is 1. The van der Waals surface area contributed by atoms with E-state index in [-0.39, 0.29) is 6.17 Å². The van der Waals surface area contributed by atoms with Crippen LogP contribution in [0.5, 0.6) is 0 Å². The molecule has 1 atom stereocenters. The van der Waals surface area contributed by atoms with Gasteiger partial charge in [-0.3, -0.25) is 5.84 Å². The van der Waals surface area contributed by atoms with E-state index in [4.69, 9.17) is 11.6 Å². The van der Waals surface area contributed by atoms with Crippen LogP contribution in [0.25, 0.3) is 0 Å². The van der Waals surface area contributed by atoms with Crippen LogP contribution in [-0.2, 0) is 0 Å². The van der Waals surface area contributed by atoms with Gasteiger partial charge in [0, 0.05) is 6.54 Å². The Hall–Kier alpha value is -0.160. The number of nitrogens with two attached hydrogens (primary N) is 2. The van der Waals surface area contributed by atoms with Gasteiger partial charge in [-0.05, 0) is 12.8 Å². The van der Waals surface area contributed by atoms with Gasteiger partial charge in [-0.25, -0.2) is 5.43 Å². The van der Waals surface area contributed by atoms with Crippen LogP contribution in [0.3, 0.4) is 0 Å². The Kier molecular flexibility index (Phi) is 3.08. The fourth-order valence-corrected chi connectivity index (χ4v) is 1.17. The number of hydrogen-bond acceptors (Lipinski definition) is 4. The topological polar surface area (TPSA) is 67.3 Å². The lowest BCUT2D eigenvalue weighted by molar-refractivity contribution is 0.140. The average molecular weight is 144 g/mol. The molecular weight excluding hydrogens is 128 g/mol. The molecule has 0 aliphatic carbocycles. The Labute approximate surface area is 61.5 Å². The Bertz CT molecular complexity index is 85.7. The molecule has 60 valence electrons. The molecule has 0 aromatic heterocycles. The summed E-state index contributed by atoms with van der Waals surface area (Å²) >= 11 is 0. The summed E-state index contributed by atoms with van der Waals surface area (Å²) in [6.07, 6.45) is 4.68. The fourth-order valence-electron chi connectivity index (χ4n) is 1.17. The lowest BCUT2D eigenvalue weighted by Gasteiger charge is -2.24. The van der Waals surface area contributed by atoms with E-state index in [2.05, 4.69) is 5.43 Å². The van der Waals surface area contributed by atoms with Crippen LogP contribution in [0, 0.1) is 0 Å². The molecule has 1 rings (SSSR count). The van der Waals surface area contributed by atoms with Gasteiger partial charge in [-0.15, -0.1) is 0 Å². The molecule has 0 bridgehead atoms. The maximum Gasteiger partial charge on any atom is 0.0694 e. The highest BCUT2D eigenvalue weighted by atomic mass is 15.7. The highest BCUT2D eigenvalue weighted by Crippen LogP contribution is 2.04. The van der Waals surface area contributed by atoms with Crippen LogP contribution in [0.2, 0.25) is 0 Å². The van der Waals surface area contributed by atoms with Crippen LogP contribution in [0.15, 0.2) is 0 Å². The quantitative estimate of drug-likeness (QED) is 0.402. The molecule has 0 spiro atoms. The molecule has 0 radical (unpaired) electrons. The van der Waals surface area contributed by atoms with Crippen LogP contribution >= 0.6 is 0 Å². The first kappa shape index (κ1) is 7.94. The van der Waals surface area contributed by atoms with Gasteiger partial charge >= 0.3 is 0 Å². The van der Waals surface area contributed by atoms with Gasteiger partial charge in [0.15, 0.2) is 0 Å². The highest BCUT2D eigenvalue weighted by molar-refractivity contribution is 4.60. The maximum atomic E-state index is 5.66. The molecule has 4 nitrogen and oxygen atoms in total. The predicted octanol–water partition coefficient (Wildman–Crippen LogP) is -0.474. The highest BCUT2D eigenvalue weighted by Gasteiger charge is 2.08.